The molecule has 1 fully saturated rings. The molecule has 1 atom stereocenters. The number of amides is 2. The van der Waals surface area contributed by atoms with E-state index in [1.54, 1.807) is 14.1 Å². The van der Waals surface area contributed by atoms with Gasteiger partial charge in [-0.25, -0.2) is 4.79 Å². The maximum absolute atomic E-state index is 12.4. The second-order valence-corrected chi connectivity index (χ2v) is 5.85. The molecular formula is C12H22N2O3. The van der Waals surface area contributed by atoms with Crippen LogP contribution in [-0.4, -0.2) is 53.1 Å². The highest BCUT2D eigenvalue weighted by Crippen LogP contribution is 2.44. The van der Waals surface area contributed by atoms with Gasteiger partial charge in [-0.2, -0.15) is 0 Å². The summed E-state index contributed by atoms with van der Waals surface area (Å²) in [5, 5.41) is 9.30. The second-order valence-electron chi connectivity index (χ2n) is 5.85. The minimum Gasteiger partial charge on any atom is -0.465 e. The van der Waals surface area contributed by atoms with Crippen LogP contribution < -0.4 is 0 Å². The van der Waals surface area contributed by atoms with Gasteiger partial charge in [-0.15, -0.1) is 0 Å². The maximum atomic E-state index is 12.4. The number of likely N-dealkylation sites (tertiary alicyclic amines) is 1. The monoisotopic (exact) mass is 242 g/mol. The Morgan fingerprint density at radius 3 is 2.18 bits per heavy atom. The summed E-state index contributed by atoms with van der Waals surface area (Å²) in [6.45, 7) is 6.22. The van der Waals surface area contributed by atoms with Gasteiger partial charge in [-0.3, -0.25) is 9.69 Å². The largest absolute Gasteiger partial charge is 0.465 e. The van der Waals surface area contributed by atoms with Gasteiger partial charge in [-0.1, -0.05) is 20.8 Å². The first kappa shape index (κ1) is 13.8. The number of carbonyl (C=O) groups excluding carboxylic acids is 1. The zero-order valence-electron chi connectivity index (χ0n) is 11.3. The highest BCUT2D eigenvalue weighted by atomic mass is 16.4. The van der Waals surface area contributed by atoms with Crippen LogP contribution in [0.5, 0.6) is 0 Å². The fourth-order valence-electron chi connectivity index (χ4n) is 2.77. The Balaban J connectivity index is 3.29. The summed E-state index contributed by atoms with van der Waals surface area (Å²) in [6, 6.07) is 0. The maximum Gasteiger partial charge on any atom is 0.408 e. The topological polar surface area (TPSA) is 60.9 Å². The van der Waals surface area contributed by atoms with Crippen LogP contribution in [0, 0.1) is 5.41 Å². The lowest BCUT2D eigenvalue weighted by Gasteiger charge is -2.46. The molecule has 5 heteroatoms. The van der Waals surface area contributed by atoms with E-state index in [0.717, 1.165) is 6.42 Å². The lowest BCUT2D eigenvalue weighted by Crippen LogP contribution is -2.63. The van der Waals surface area contributed by atoms with Crippen LogP contribution in [0.1, 0.15) is 33.6 Å². The van der Waals surface area contributed by atoms with E-state index in [9.17, 15) is 14.7 Å². The molecule has 0 aliphatic carbocycles. The molecule has 0 aromatic heterocycles. The smallest absolute Gasteiger partial charge is 0.408 e. The second kappa shape index (κ2) is 4.20. The first-order chi connectivity index (χ1) is 7.64. The lowest BCUT2D eigenvalue weighted by atomic mass is 9.71. The van der Waals surface area contributed by atoms with E-state index in [1.165, 1.54) is 9.80 Å². The summed E-state index contributed by atoms with van der Waals surface area (Å²) in [5.41, 5.74) is -1.34. The van der Waals surface area contributed by atoms with Crippen LogP contribution in [-0.2, 0) is 4.79 Å². The van der Waals surface area contributed by atoms with Gasteiger partial charge in [0.25, 0.3) is 0 Å². The number of hydrogen-bond donors (Lipinski definition) is 1. The fourth-order valence-corrected chi connectivity index (χ4v) is 2.77. The van der Waals surface area contributed by atoms with Gasteiger partial charge in [-0.05, 0) is 18.3 Å². The van der Waals surface area contributed by atoms with Crippen molar-refractivity contribution in [1.29, 1.82) is 0 Å². The van der Waals surface area contributed by atoms with Crippen molar-refractivity contribution in [2.45, 2.75) is 39.2 Å². The molecule has 1 aliphatic rings. The molecule has 0 bridgehead atoms. The first-order valence-corrected chi connectivity index (χ1v) is 5.87. The van der Waals surface area contributed by atoms with Crippen LogP contribution in [0.3, 0.4) is 0 Å². The number of likely N-dealkylation sites (N-methyl/N-ethyl adjacent to an activating group) is 1. The predicted octanol–water partition coefficient (Wildman–Crippen LogP) is 1.63. The quantitative estimate of drug-likeness (QED) is 0.760. The van der Waals surface area contributed by atoms with Crippen LogP contribution in [0.2, 0.25) is 0 Å². The van der Waals surface area contributed by atoms with E-state index in [1.807, 2.05) is 20.8 Å². The summed E-state index contributed by atoms with van der Waals surface area (Å²) < 4.78 is 0. The van der Waals surface area contributed by atoms with Gasteiger partial charge in [0.1, 0.15) is 5.54 Å². The summed E-state index contributed by atoms with van der Waals surface area (Å²) in [7, 11) is 3.35. The first-order valence-electron chi connectivity index (χ1n) is 5.87. The van der Waals surface area contributed by atoms with E-state index >= 15 is 0 Å². The third-order valence-corrected chi connectivity index (χ3v) is 3.61. The Hall–Kier alpha value is -1.26. The van der Waals surface area contributed by atoms with Crippen LogP contribution in [0.4, 0.5) is 4.79 Å². The van der Waals surface area contributed by atoms with Crippen molar-refractivity contribution in [2.24, 2.45) is 5.41 Å². The van der Waals surface area contributed by atoms with Crippen LogP contribution >= 0.6 is 0 Å². The Kier molecular flexibility index (Phi) is 3.41. The van der Waals surface area contributed by atoms with Gasteiger partial charge < -0.3 is 10.0 Å². The van der Waals surface area contributed by atoms with Gasteiger partial charge in [0.2, 0.25) is 5.91 Å². The molecule has 0 aromatic rings. The highest BCUT2D eigenvalue weighted by molar-refractivity contribution is 5.91. The Morgan fingerprint density at radius 2 is 1.82 bits per heavy atom. The average Bonchev–Trinajstić information content (AvgIpc) is 2.60. The van der Waals surface area contributed by atoms with Crippen molar-refractivity contribution in [3.63, 3.8) is 0 Å². The minimum absolute atomic E-state index is 0.120. The molecule has 0 radical (unpaired) electrons. The Labute approximate surface area is 102 Å². The highest BCUT2D eigenvalue weighted by Gasteiger charge is 2.57. The number of rotatable bonds is 1. The number of hydrogen-bond acceptors (Lipinski definition) is 2. The van der Waals surface area contributed by atoms with E-state index in [-0.39, 0.29) is 5.91 Å². The Bertz CT molecular complexity index is 333. The van der Waals surface area contributed by atoms with Gasteiger partial charge in [0.05, 0.1) is 0 Å². The third-order valence-electron chi connectivity index (χ3n) is 3.61. The van der Waals surface area contributed by atoms with Crippen molar-refractivity contribution in [2.75, 3.05) is 20.6 Å². The van der Waals surface area contributed by atoms with E-state index < -0.39 is 17.0 Å². The number of carboxylic acid groups (broad SMARTS) is 1. The molecule has 0 spiro atoms. The predicted molar refractivity (Wildman–Crippen MR) is 64.8 cm³/mol. The van der Waals surface area contributed by atoms with E-state index in [2.05, 4.69) is 0 Å². The molecular weight excluding hydrogens is 220 g/mol. The lowest BCUT2D eigenvalue weighted by molar-refractivity contribution is -0.146. The van der Waals surface area contributed by atoms with Gasteiger partial charge >= 0.3 is 6.09 Å². The van der Waals surface area contributed by atoms with E-state index in [4.69, 9.17) is 0 Å². The molecule has 0 saturated carbocycles. The van der Waals surface area contributed by atoms with Crippen molar-refractivity contribution >= 4 is 12.0 Å². The number of carbonyl (C=O) groups is 2. The summed E-state index contributed by atoms with van der Waals surface area (Å²) in [4.78, 5) is 26.6. The molecule has 0 unspecified atom stereocenters. The molecule has 1 rings (SSSR count). The molecule has 2 amide bonds. The minimum atomic E-state index is -1.01. The van der Waals surface area contributed by atoms with Crippen LogP contribution in [0.15, 0.2) is 0 Å². The molecule has 1 heterocycles. The molecule has 1 aliphatic heterocycles. The molecule has 1 N–H and O–H groups in total. The SMILES string of the molecule is CN(C)C(=O)[C@@]1(C(C)(C)C)CCCN1C(=O)O. The molecule has 1 saturated heterocycles. The standard InChI is InChI=1S/C12H22N2O3/c1-11(2,3)12(9(15)13(4)5)7-6-8-14(12)10(16)17/h6-8H2,1-5H3,(H,16,17)/t12-/m1/s1. The Morgan fingerprint density at radius 1 is 1.29 bits per heavy atom. The van der Waals surface area contributed by atoms with Crippen molar-refractivity contribution in [3.05, 3.63) is 0 Å². The zero-order valence-corrected chi connectivity index (χ0v) is 11.3. The van der Waals surface area contributed by atoms with Crippen molar-refractivity contribution in [1.82, 2.24) is 9.80 Å². The van der Waals surface area contributed by atoms with Crippen molar-refractivity contribution < 1.29 is 14.7 Å². The van der Waals surface area contributed by atoms with Gasteiger partial charge in [0, 0.05) is 20.6 Å². The summed E-state index contributed by atoms with van der Waals surface area (Å²) in [5.74, 6) is -0.120. The third kappa shape index (κ3) is 1.98. The van der Waals surface area contributed by atoms with Gasteiger partial charge in [0.15, 0.2) is 0 Å². The summed E-state index contributed by atoms with van der Waals surface area (Å²) >= 11 is 0. The normalized spacial score (nSPS) is 24.9. The average molecular weight is 242 g/mol. The van der Waals surface area contributed by atoms with Crippen LogP contribution in [0.25, 0.3) is 0 Å². The zero-order chi connectivity index (χ0) is 13.4. The summed E-state index contributed by atoms with van der Waals surface area (Å²) in [6.07, 6.45) is 0.329. The van der Waals surface area contributed by atoms with Crippen molar-refractivity contribution in [3.8, 4) is 0 Å². The van der Waals surface area contributed by atoms with E-state index in [0.29, 0.717) is 13.0 Å². The molecule has 0 aromatic carbocycles. The molecule has 5 nitrogen and oxygen atoms in total. The fraction of sp³-hybridized carbons (Fsp3) is 0.833. The molecule has 17 heavy (non-hydrogen) atoms. The number of nitrogens with zero attached hydrogens (tertiary/aromatic N) is 2. The molecule has 98 valence electrons.